The molecule has 3 N–H and O–H groups in total. The van der Waals surface area contributed by atoms with E-state index in [1.165, 1.54) is 0 Å². The molecule has 0 saturated heterocycles. The molecular weight excluding hydrogens is 382 g/mol. The number of benzene rings is 2. The summed E-state index contributed by atoms with van der Waals surface area (Å²) >= 11 is 0. The van der Waals surface area contributed by atoms with Crippen LogP contribution in [0.3, 0.4) is 0 Å². The van der Waals surface area contributed by atoms with Crippen molar-refractivity contribution in [3.8, 4) is 11.8 Å². The number of rotatable bonds is 6. The van der Waals surface area contributed by atoms with Crippen LogP contribution in [-0.2, 0) is 21.6 Å². The van der Waals surface area contributed by atoms with Gasteiger partial charge in [0, 0.05) is 24.1 Å². The van der Waals surface area contributed by atoms with Crippen LogP contribution >= 0.6 is 0 Å². The lowest BCUT2D eigenvalue weighted by molar-refractivity contribution is -0.130. The van der Waals surface area contributed by atoms with Gasteiger partial charge < -0.3 is 20.3 Å². The minimum Gasteiger partial charge on any atom is -0.457 e. The third kappa shape index (κ3) is 4.70. The largest absolute Gasteiger partial charge is 0.457 e. The van der Waals surface area contributed by atoms with Crippen LogP contribution in [0.1, 0.15) is 48.2 Å². The standard InChI is InChI=1S/C24H25NO5/c1-23(2,18-8-4-3-5-9-18)16-24(29,12-6-7-13-26)22(28)25-19-10-11-20-17(14-19)15-30-21(20)27/h3-5,8-11,14,26,29H,7,13,15-16H2,1-2H3,(H,25,28). The molecule has 0 fully saturated rings. The highest BCUT2D eigenvalue weighted by atomic mass is 16.5. The first-order valence-electron chi connectivity index (χ1n) is 9.75. The van der Waals surface area contributed by atoms with Crippen LogP contribution < -0.4 is 5.32 Å². The van der Waals surface area contributed by atoms with Crippen molar-refractivity contribution >= 4 is 17.6 Å². The van der Waals surface area contributed by atoms with E-state index >= 15 is 0 Å². The highest BCUT2D eigenvalue weighted by molar-refractivity contribution is 6.00. The summed E-state index contributed by atoms with van der Waals surface area (Å²) in [6.07, 6.45) is 0.209. The van der Waals surface area contributed by atoms with Crippen LogP contribution in [0, 0.1) is 11.8 Å². The Kier molecular flexibility index (Phi) is 6.25. The molecule has 2 aromatic carbocycles. The lowest BCUT2D eigenvalue weighted by Crippen LogP contribution is -2.46. The molecule has 0 aromatic heterocycles. The molecule has 0 bridgehead atoms. The average Bonchev–Trinajstić information content (AvgIpc) is 3.08. The maximum Gasteiger partial charge on any atom is 0.338 e. The summed E-state index contributed by atoms with van der Waals surface area (Å²) in [4.78, 5) is 24.7. The smallest absolute Gasteiger partial charge is 0.338 e. The molecule has 1 aliphatic rings. The SMILES string of the molecule is CC(C)(CC(O)(C#CCCO)C(=O)Nc1ccc2c(c1)COC2=O)c1ccccc1. The van der Waals surface area contributed by atoms with E-state index in [2.05, 4.69) is 17.2 Å². The van der Waals surface area contributed by atoms with Gasteiger partial charge in [-0.15, -0.1) is 0 Å². The number of anilines is 1. The molecule has 0 aliphatic carbocycles. The molecule has 0 spiro atoms. The number of amides is 1. The number of aliphatic hydroxyl groups is 2. The van der Waals surface area contributed by atoms with E-state index in [0.29, 0.717) is 16.8 Å². The first kappa shape index (κ1) is 21.6. The molecule has 1 unspecified atom stereocenters. The molecule has 0 saturated carbocycles. The minimum atomic E-state index is -1.97. The van der Waals surface area contributed by atoms with E-state index < -0.39 is 16.9 Å². The maximum atomic E-state index is 13.1. The monoisotopic (exact) mass is 407 g/mol. The van der Waals surface area contributed by atoms with E-state index in [9.17, 15) is 14.7 Å². The zero-order valence-corrected chi connectivity index (χ0v) is 17.1. The van der Waals surface area contributed by atoms with Crippen LogP contribution in [-0.4, -0.2) is 34.3 Å². The number of esters is 1. The number of carbonyl (C=O) groups excluding carboxylic acids is 2. The number of hydrogen-bond donors (Lipinski definition) is 3. The topological polar surface area (TPSA) is 95.9 Å². The van der Waals surface area contributed by atoms with Crippen molar-refractivity contribution in [3.63, 3.8) is 0 Å². The lowest BCUT2D eigenvalue weighted by atomic mass is 9.75. The van der Waals surface area contributed by atoms with Crippen molar-refractivity contribution in [2.45, 2.75) is 44.3 Å². The van der Waals surface area contributed by atoms with Gasteiger partial charge in [0.1, 0.15) is 6.61 Å². The van der Waals surface area contributed by atoms with Crippen LogP contribution in [0.15, 0.2) is 48.5 Å². The summed E-state index contributed by atoms with van der Waals surface area (Å²) < 4.78 is 4.98. The van der Waals surface area contributed by atoms with E-state index in [4.69, 9.17) is 9.84 Å². The molecule has 1 aliphatic heterocycles. The number of fused-ring (bicyclic) bond motifs is 1. The predicted octanol–water partition coefficient (Wildman–Crippen LogP) is 2.78. The Morgan fingerprint density at radius 2 is 1.93 bits per heavy atom. The predicted molar refractivity (Wildman–Crippen MR) is 113 cm³/mol. The third-order valence-corrected chi connectivity index (χ3v) is 5.10. The number of nitrogens with one attached hydrogen (secondary N) is 1. The first-order valence-corrected chi connectivity index (χ1v) is 9.75. The van der Waals surface area contributed by atoms with Crippen molar-refractivity contribution < 1.29 is 24.5 Å². The summed E-state index contributed by atoms with van der Waals surface area (Å²) in [6, 6.07) is 14.4. The van der Waals surface area contributed by atoms with E-state index in [1.807, 2.05) is 44.2 Å². The molecule has 1 heterocycles. The summed E-state index contributed by atoms with van der Waals surface area (Å²) in [6.45, 7) is 3.87. The van der Waals surface area contributed by atoms with Gasteiger partial charge in [0.25, 0.3) is 5.91 Å². The molecule has 0 radical (unpaired) electrons. The molecule has 1 amide bonds. The van der Waals surface area contributed by atoms with Crippen LogP contribution in [0.5, 0.6) is 0 Å². The fraction of sp³-hybridized carbons (Fsp3) is 0.333. The molecular formula is C24H25NO5. The van der Waals surface area contributed by atoms with E-state index in [1.54, 1.807) is 18.2 Å². The second-order valence-electron chi connectivity index (χ2n) is 7.96. The molecule has 3 rings (SSSR count). The van der Waals surface area contributed by atoms with E-state index in [-0.39, 0.29) is 32.0 Å². The fourth-order valence-corrected chi connectivity index (χ4v) is 3.52. The number of ether oxygens (including phenoxy) is 1. The average molecular weight is 407 g/mol. The number of hydrogen-bond acceptors (Lipinski definition) is 5. The fourth-order valence-electron chi connectivity index (χ4n) is 3.52. The summed E-state index contributed by atoms with van der Waals surface area (Å²) in [5.41, 5.74) is 0.0399. The quantitative estimate of drug-likeness (QED) is 0.506. The van der Waals surface area contributed by atoms with Gasteiger partial charge in [-0.2, -0.15) is 0 Å². The molecule has 2 aromatic rings. The van der Waals surface area contributed by atoms with Crippen molar-refractivity contribution in [1.29, 1.82) is 0 Å². The third-order valence-electron chi connectivity index (χ3n) is 5.10. The van der Waals surface area contributed by atoms with Crippen LogP contribution in [0.2, 0.25) is 0 Å². The van der Waals surface area contributed by atoms with Crippen LogP contribution in [0.25, 0.3) is 0 Å². The Balaban J connectivity index is 1.86. The van der Waals surface area contributed by atoms with Gasteiger partial charge in [0.15, 0.2) is 0 Å². The molecule has 1 atom stereocenters. The van der Waals surface area contributed by atoms with Gasteiger partial charge >= 0.3 is 5.97 Å². The second-order valence-corrected chi connectivity index (χ2v) is 7.96. The number of cyclic esters (lactones) is 1. The van der Waals surface area contributed by atoms with Crippen molar-refractivity contribution in [2.24, 2.45) is 0 Å². The van der Waals surface area contributed by atoms with E-state index in [0.717, 1.165) is 5.56 Å². The molecule has 6 heteroatoms. The maximum absolute atomic E-state index is 13.1. The Hall–Kier alpha value is -3.14. The van der Waals surface area contributed by atoms with Crippen molar-refractivity contribution in [2.75, 3.05) is 11.9 Å². The number of carbonyl (C=O) groups is 2. The first-order chi connectivity index (χ1) is 14.2. The van der Waals surface area contributed by atoms with Crippen molar-refractivity contribution in [1.82, 2.24) is 0 Å². The number of aliphatic hydroxyl groups excluding tert-OH is 1. The van der Waals surface area contributed by atoms with Gasteiger partial charge in [0.05, 0.1) is 12.2 Å². The van der Waals surface area contributed by atoms with Gasteiger partial charge in [-0.3, -0.25) is 4.79 Å². The Labute approximate surface area is 175 Å². The van der Waals surface area contributed by atoms with Gasteiger partial charge in [-0.05, 0) is 29.2 Å². The molecule has 6 nitrogen and oxygen atoms in total. The highest BCUT2D eigenvalue weighted by Gasteiger charge is 2.41. The summed E-state index contributed by atoms with van der Waals surface area (Å²) in [5.74, 6) is 4.29. The lowest BCUT2D eigenvalue weighted by Gasteiger charge is -2.32. The normalized spacial score (nSPS) is 14.7. The molecule has 30 heavy (non-hydrogen) atoms. The summed E-state index contributed by atoms with van der Waals surface area (Å²) in [7, 11) is 0. The Bertz CT molecular complexity index is 1000. The Morgan fingerprint density at radius 3 is 2.63 bits per heavy atom. The summed E-state index contributed by atoms with van der Waals surface area (Å²) in [5, 5.41) is 23.0. The minimum absolute atomic E-state index is 0.0564. The van der Waals surface area contributed by atoms with Gasteiger partial charge in [0.2, 0.25) is 5.60 Å². The zero-order valence-electron chi connectivity index (χ0n) is 17.1. The zero-order chi connectivity index (χ0) is 21.8. The Morgan fingerprint density at radius 1 is 1.20 bits per heavy atom. The second kappa shape index (κ2) is 8.70. The van der Waals surface area contributed by atoms with Gasteiger partial charge in [-0.25, -0.2) is 4.79 Å². The van der Waals surface area contributed by atoms with Crippen LogP contribution in [0.4, 0.5) is 5.69 Å². The van der Waals surface area contributed by atoms with Crippen molar-refractivity contribution in [3.05, 3.63) is 65.2 Å². The highest BCUT2D eigenvalue weighted by Crippen LogP contribution is 2.33. The van der Waals surface area contributed by atoms with Gasteiger partial charge in [-0.1, -0.05) is 56.0 Å². The molecule has 156 valence electrons.